The first kappa shape index (κ1) is 12.2. The summed E-state index contributed by atoms with van der Waals surface area (Å²) >= 11 is 0. The summed E-state index contributed by atoms with van der Waals surface area (Å²) in [6, 6.07) is 6.89. The molecule has 0 aliphatic heterocycles. The minimum Gasteiger partial charge on any atom is -0.462 e. The molecule has 1 heterocycles. The summed E-state index contributed by atoms with van der Waals surface area (Å²) in [5.41, 5.74) is 6.55. The third kappa shape index (κ3) is 3.10. The Morgan fingerprint density at radius 2 is 2.22 bits per heavy atom. The molecule has 0 bridgehead atoms. The molecule has 0 spiro atoms. The third-order valence-corrected chi connectivity index (χ3v) is 2.53. The number of aryl methyl sites for hydroxylation is 1. The van der Waals surface area contributed by atoms with Gasteiger partial charge in [-0.1, -0.05) is 12.1 Å². The number of carbonyl (C=O) groups excluding carboxylic acids is 1. The van der Waals surface area contributed by atoms with Gasteiger partial charge in [0.15, 0.2) is 0 Å². The van der Waals surface area contributed by atoms with Crippen molar-refractivity contribution in [3.8, 4) is 0 Å². The van der Waals surface area contributed by atoms with Crippen molar-refractivity contribution in [1.29, 1.82) is 0 Å². The fraction of sp³-hybridized carbons (Fsp3) is 0.231. The second-order valence-electron chi connectivity index (χ2n) is 3.88. The van der Waals surface area contributed by atoms with Gasteiger partial charge < -0.3 is 15.0 Å². The van der Waals surface area contributed by atoms with Crippen molar-refractivity contribution in [3.05, 3.63) is 48.5 Å². The van der Waals surface area contributed by atoms with Crippen molar-refractivity contribution in [2.45, 2.75) is 13.0 Å². The zero-order valence-corrected chi connectivity index (χ0v) is 9.95. The minimum absolute atomic E-state index is 0.366. The van der Waals surface area contributed by atoms with Crippen LogP contribution in [0.4, 0.5) is 5.69 Å². The summed E-state index contributed by atoms with van der Waals surface area (Å²) in [5.74, 6) is -0.376. The first-order valence-corrected chi connectivity index (χ1v) is 5.75. The van der Waals surface area contributed by atoms with E-state index in [1.165, 1.54) is 0 Å². The number of para-hydroxylation sites is 1. The van der Waals surface area contributed by atoms with Gasteiger partial charge in [-0.3, -0.25) is 0 Å². The molecule has 2 aromatic rings. The second-order valence-corrected chi connectivity index (χ2v) is 3.88. The Bertz CT molecular complexity index is 509. The molecule has 5 heteroatoms. The number of imidazole rings is 1. The molecule has 1 aromatic heterocycles. The maximum atomic E-state index is 11.7. The molecule has 0 aliphatic carbocycles. The van der Waals surface area contributed by atoms with Crippen LogP contribution in [0.1, 0.15) is 16.8 Å². The molecule has 94 valence electrons. The van der Waals surface area contributed by atoms with Crippen LogP contribution in [0.2, 0.25) is 0 Å². The maximum absolute atomic E-state index is 11.7. The minimum atomic E-state index is -0.376. The normalized spacial score (nSPS) is 10.2. The van der Waals surface area contributed by atoms with Crippen molar-refractivity contribution < 1.29 is 9.53 Å². The van der Waals surface area contributed by atoms with Crippen molar-refractivity contribution in [3.63, 3.8) is 0 Å². The van der Waals surface area contributed by atoms with Gasteiger partial charge in [-0.2, -0.15) is 0 Å². The van der Waals surface area contributed by atoms with E-state index >= 15 is 0 Å². The number of nitrogens with zero attached hydrogens (tertiary/aromatic N) is 2. The largest absolute Gasteiger partial charge is 0.462 e. The lowest BCUT2D eigenvalue weighted by Crippen LogP contribution is -2.10. The van der Waals surface area contributed by atoms with E-state index in [0.717, 1.165) is 13.0 Å². The maximum Gasteiger partial charge on any atom is 0.340 e. The summed E-state index contributed by atoms with van der Waals surface area (Å²) in [4.78, 5) is 15.6. The van der Waals surface area contributed by atoms with Crippen LogP contribution in [0.25, 0.3) is 0 Å². The van der Waals surface area contributed by atoms with E-state index in [1.54, 1.807) is 36.8 Å². The SMILES string of the molecule is Nc1ccccc1C(=O)OCCCn1ccnc1. The van der Waals surface area contributed by atoms with Crippen LogP contribution in [-0.4, -0.2) is 22.1 Å². The van der Waals surface area contributed by atoms with Crippen molar-refractivity contribution >= 4 is 11.7 Å². The summed E-state index contributed by atoms with van der Waals surface area (Å²) in [6.45, 7) is 1.14. The number of aromatic nitrogens is 2. The molecule has 0 saturated heterocycles. The van der Waals surface area contributed by atoms with E-state index in [9.17, 15) is 4.79 Å². The van der Waals surface area contributed by atoms with Gasteiger partial charge in [0.2, 0.25) is 0 Å². The van der Waals surface area contributed by atoms with Gasteiger partial charge in [-0.25, -0.2) is 9.78 Å². The van der Waals surface area contributed by atoms with E-state index in [2.05, 4.69) is 4.98 Å². The molecule has 2 N–H and O–H groups in total. The van der Waals surface area contributed by atoms with E-state index < -0.39 is 0 Å². The predicted octanol–water partition coefficient (Wildman–Crippen LogP) is 1.71. The number of anilines is 1. The van der Waals surface area contributed by atoms with Crippen molar-refractivity contribution in [2.75, 3.05) is 12.3 Å². The monoisotopic (exact) mass is 245 g/mol. The first-order chi connectivity index (χ1) is 8.77. The first-order valence-electron chi connectivity index (χ1n) is 5.75. The van der Waals surface area contributed by atoms with E-state index in [-0.39, 0.29) is 5.97 Å². The van der Waals surface area contributed by atoms with E-state index in [0.29, 0.717) is 17.9 Å². The molecule has 18 heavy (non-hydrogen) atoms. The molecular formula is C13H15N3O2. The number of carbonyl (C=O) groups is 1. The summed E-state index contributed by atoms with van der Waals surface area (Å²) in [5, 5.41) is 0. The fourth-order valence-corrected chi connectivity index (χ4v) is 1.59. The van der Waals surface area contributed by atoms with Gasteiger partial charge in [-0.05, 0) is 18.6 Å². The quantitative estimate of drug-likeness (QED) is 0.494. The van der Waals surface area contributed by atoms with E-state index in [4.69, 9.17) is 10.5 Å². The van der Waals surface area contributed by atoms with Crippen molar-refractivity contribution in [2.24, 2.45) is 0 Å². The van der Waals surface area contributed by atoms with E-state index in [1.807, 2.05) is 10.8 Å². The highest BCUT2D eigenvalue weighted by Gasteiger charge is 2.09. The van der Waals surface area contributed by atoms with Crippen LogP contribution in [-0.2, 0) is 11.3 Å². The van der Waals surface area contributed by atoms with Gasteiger partial charge in [0.1, 0.15) is 0 Å². The Morgan fingerprint density at radius 1 is 1.39 bits per heavy atom. The molecular weight excluding hydrogens is 230 g/mol. The number of hydrogen-bond acceptors (Lipinski definition) is 4. The highest BCUT2D eigenvalue weighted by Crippen LogP contribution is 2.11. The lowest BCUT2D eigenvalue weighted by molar-refractivity contribution is 0.0497. The smallest absolute Gasteiger partial charge is 0.340 e. The molecule has 1 aromatic carbocycles. The summed E-state index contributed by atoms with van der Waals surface area (Å²) < 4.78 is 7.09. The zero-order valence-electron chi connectivity index (χ0n) is 9.95. The molecule has 0 fully saturated rings. The average Bonchev–Trinajstić information content (AvgIpc) is 2.88. The van der Waals surface area contributed by atoms with Crippen LogP contribution >= 0.6 is 0 Å². The third-order valence-electron chi connectivity index (χ3n) is 2.53. The number of nitrogens with two attached hydrogens (primary N) is 1. The highest BCUT2D eigenvalue weighted by molar-refractivity contribution is 5.94. The molecule has 0 aliphatic rings. The van der Waals surface area contributed by atoms with Crippen LogP contribution < -0.4 is 5.73 Å². The Morgan fingerprint density at radius 3 is 2.94 bits per heavy atom. The Labute approximate surface area is 105 Å². The van der Waals surface area contributed by atoms with Crippen LogP contribution in [0, 0.1) is 0 Å². The van der Waals surface area contributed by atoms with Gasteiger partial charge >= 0.3 is 5.97 Å². The molecule has 0 saturated carbocycles. The van der Waals surface area contributed by atoms with Crippen LogP contribution in [0.3, 0.4) is 0 Å². The number of ether oxygens (including phenoxy) is 1. The number of rotatable bonds is 5. The number of esters is 1. The van der Waals surface area contributed by atoms with Gasteiger partial charge in [0.25, 0.3) is 0 Å². The molecule has 0 radical (unpaired) electrons. The second kappa shape index (κ2) is 5.86. The Balaban J connectivity index is 1.77. The highest BCUT2D eigenvalue weighted by atomic mass is 16.5. The van der Waals surface area contributed by atoms with Crippen LogP contribution in [0.5, 0.6) is 0 Å². The summed E-state index contributed by atoms with van der Waals surface area (Å²) in [6.07, 6.45) is 6.07. The van der Waals surface area contributed by atoms with Gasteiger partial charge in [0, 0.05) is 24.6 Å². The lowest BCUT2D eigenvalue weighted by atomic mass is 10.2. The number of nitrogen functional groups attached to an aromatic ring is 1. The topological polar surface area (TPSA) is 70.1 Å². The van der Waals surface area contributed by atoms with Crippen LogP contribution in [0.15, 0.2) is 43.0 Å². The summed E-state index contributed by atoms with van der Waals surface area (Å²) in [7, 11) is 0. The van der Waals surface area contributed by atoms with Crippen molar-refractivity contribution in [1.82, 2.24) is 9.55 Å². The lowest BCUT2D eigenvalue weighted by Gasteiger charge is -2.07. The van der Waals surface area contributed by atoms with Gasteiger partial charge in [-0.15, -0.1) is 0 Å². The molecule has 0 amide bonds. The number of hydrogen-bond donors (Lipinski definition) is 1. The number of benzene rings is 1. The zero-order chi connectivity index (χ0) is 12.8. The molecule has 5 nitrogen and oxygen atoms in total. The standard InChI is InChI=1S/C13H15N3O2/c14-12-5-2-1-4-11(12)13(17)18-9-3-7-16-8-6-15-10-16/h1-2,4-6,8,10H,3,7,9,14H2. The van der Waals surface area contributed by atoms with Gasteiger partial charge in [0.05, 0.1) is 18.5 Å². The predicted molar refractivity (Wildman–Crippen MR) is 68.0 cm³/mol. The molecule has 0 atom stereocenters. The Hall–Kier alpha value is -2.30. The fourth-order valence-electron chi connectivity index (χ4n) is 1.59. The Kier molecular flexibility index (Phi) is 3.96. The molecule has 0 unspecified atom stereocenters. The average molecular weight is 245 g/mol. The molecule has 2 rings (SSSR count).